The van der Waals surface area contributed by atoms with E-state index in [-0.39, 0.29) is 12.7 Å². The van der Waals surface area contributed by atoms with Gasteiger partial charge in [0.2, 0.25) is 12.7 Å². The fourth-order valence-electron chi connectivity index (χ4n) is 2.95. The molecule has 5 nitrogen and oxygen atoms in total. The second-order valence-corrected chi connectivity index (χ2v) is 5.91. The number of piperidine rings is 1. The van der Waals surface area contributed by atoms with Gasteiger partial charge in [0.25, 0.3) is 0 Å². The first-order valence-corrected chi connectivity index (χ1v) is 7.62. The van der Waals surface area contributed by atoms with E-state index in [9.17, 15) is 4.79 Å². The summed E-state index contributed by atoms with van der Waals surface area (Å²) in [5.74, 6) is 2.22. The monoisotopic (exact) mass is 290 g/mol. The first kappa shape index (κ1) is 14.2. The maximum absolute atomic E-state index is 12.0. The van der Waals surface area contributed by atoms with E-state index in [1.807, 2.05) is 18.2 Å². The molecule has 1 aromatic rings. The van der Waals surface area contributed by atoms with E-state index in [1.54, 1.807) is 0 Å². The van der Waals surface area contributed by atoms with Crippen molar-refractivity contribution in [2.75, 3.05) is 31.7 Å². The van der Waals surface area contributed by atoms with Crippen molar-refractivity contribution in [1.29, 1.82) is 0 Å². The summed E-state index contributed by atoms with van der Waals surface area (Å²) in [7, 11) is 0. The molecule has 0 saturated carbocycles. The van der Waals surface area contributed by atoms with E-state index in [2.05, 4.69) is 17.1 Å². The molecule has 1 N–H and O–H groups in total. The number of nitrogens with one attached hydrogen (secondary N) is 1. The number of ether oxygens (including phenoxy) is 2. The lowest BCUT2D eigenvalue weighted by atomic mass is 10.0. The third kappa shape index (κ3) is 3.67. The minimum absolute atomic E-state index is 0.0482. The van der Waals surface area contributed by atoms with E-state index >= 15 is 0 Å². The van der Waals surface area contributed by atoms with Gasteiger partial charge in [-0.2, -0.15) is 0 Å². The van der Waals surface area contributed by atoms with Crippen LogP contribution >= 0.6 is 0 Å². The van der Waals surface area contributed by atoms with Crippen LogP contribution in [0.2, 0.25) is 0 Å². The van der Waals surface area contributed by atoms with E-state index < -0.39 is 0 Å². The molecule has 114 valence electrons. The highest BCUT2D eigenvalue weighted by molar-refractivity contribution is 5.91. The molecule has 0 bridgehead atoms. The van der Waals surface area contributed by atoms with Crippen molar-refractivity contribution in [3.05, 3.63) is 18.2 Å². The fourth-order valence-corrected chi connectivity index (χ4v) is 2.95. The van der Waals surface area contributed by atoms with Gasteiger partial charge in [-0.05, 0) is 37.4 Å². The third-order valence-electron chi connectivity index (χ3n) is 4.05. The van der Waals surface area contributed by atoms with Crippen molar-refractivity contribution >= 4 is 11.6 Å². The van der Waals surface area contributed by atoms with Gasteiger partial charge in [-0.25, -0.2) is 0 Å². The van der Waals surface area contributed by atoms with E-state index in [0.717, 1.165) is 37.0 Å². The van der Waals surface area contributed by atoms with Crippen LogP contribution in [-0.4, -0.2) is 37.2 Å². The predicted octanol–water partition coefficient (Wildman–Crippen LogP) is 2.48. The van der Waals surface area contributed by atoms with Gasteiger partial charge in [-0.3, -0.25) is 4.79 Å². The Labute approximate surface area is 125 Å². The van der Waals surface area contributed by atoms with Gasteiger partial charge in [0.15, 0.2) is 11.5 Å². The summed E-state index contributed by atoms with van der Waals surface area (Å²) in [5, 5.41) is 2.92. The molecule has 1 aromatic carbocycles. The fraction of sp³-hybridized carbons (Fsp3) is 0.562. The SMILES string of the molecule is CC1CCCN(CCC(=O)Nc2ccc3c(c2)OCO3)C1. The number of carbonyl (C=O) groups is 1. The van der Waals surface area contributed by atoms with Crippen LogP contribution in [0, 0.1) is 5.92 Å². The molecule has 2 aliphatic heterocycles. The zero-order valence-electron chi connectivity index (χ0n) is 12.4. The molecule has 0 aliphatic carbocycles. The summed E-state index contributed by atoms with van der Waals surface area (Å²) < 4.78 is 10.6. The smallest absolute Gasteiger partial charge is 0.231 e. The van der Waals surface area contributed by atoms with Crippen LogP contribution in [0.5, 0.6) is 11.5 Å². The normalized spacial score (nSPS) is 21.3. The minimum Gasteiger partial charge on any atom is -0.454 e. The summed E-state index contributed by atoms with van der Waals surface area (Å²) in [5.41, 5.74) is 0.760. The topological polar surface area (TPSA) is 50.8 Å². The van der Waals surface area contributed by atoms with Crippen LogP contribution in [0.1, 0.15) is 26.2 Å². The van der Waals surface area contributed by atoms with Crippen LogP contribution in [0.15, 0.2) is 18.2 Å². The standard InChI is InChI=1S/C16H22N2O3/c1-12-3-2-7-18(10-12)8-6-16(19)17-13-4-5-14-15(9-13)21-11-20-14/h4-5,9,12H,2-3,6-8,10-11H2,1H3,(H,17,19). The maximum Gasteiger partial charge on any atom is 0.231 e. The minimum atomic E-state index is 0.0482. The molecule has 0 aromatic heterocycles. The van der Waals surface area contributed by atoms with Crippen molar-refractivity contribution < 1.29 is 14.3 Å². The van der Waals surface area contributed by atoms with E-state index in [1.165, 1.54) is 12.8 Å². The number of hydrogen-bond donors (Lipinski definition) is 1. The largest absolute Gasteiger partial charge is 0.454 e. The second kappa shape index (κ2) is 6.35. The number of hydrogen-bond acceptors (Lipinski definition) is 4. The molecular formula is C16H22N2O3. The number of rotatable bonds is 4. The molecular weight excluding hydrogens is 268 g/mol. The van der Waals surface area contributed by atoms with Gasteiger partial charge < -0.3 is 19.7 Å². The quantitative estimate of drug-likeness (QED) is 0.925. The van der Waals surface area contributed by atoms with Crippen molar-refractivity contribution in [3.63, 3.8) is 0 Å². The van der Waals surface area contributed by atoms with Crippen LogP contribution in [0.4, 0.5) is 5.69 Å². The number of likely N-dealkylation sites (tertiary alicyclic amines) is 1. The average molecular weight is 290 g/mol. The zero-order chi connectivity index (χ0) is 14.7. The Morgan fingerprint density at radius 3 is 3.10 bits per heavy atom. The molecule has 5 heteroatoms. The number of fused-ring (bicyclic) bond motifs is 1. The highest BCUT2D eigenvalue weighted by Crippen LogP contribution is 2.34. The molecule has 1 fully saturated rings. The molecule has 1 saturated heterocycles. The summed E-state index contributed by atoms with van der Waals surface area (Å²) in [6.07, 6.45) is 3.08. The summed E-state index contributed by atoms with van der Waals surface area (Å²) in [6.45, 7) is 5.58. The Hall–Kier alpha value is -1.75. The van der Waals surface area contributed by atoms with Gasteiger partial charge in [-0.1, -0.05) is 6.92 Å². The number of nitrogens with zero attached hydrogens (tertiary/aromatic N) is 1. The van der Waals surface area contributed by atoms with Crippen LogP contribution < -0.4 is 14.8 Å². The highest BCUT2D eigenvalue weighted by atomic mass is 16.7. The molecule has 0 spiro atoms. The van der Waals surface area contributed by atoms with Crippen LogP contribution in [0.25, 0.3) is 0 Å². The second-order valence-electron chi connectivity index (χ2n) is 5.91. The first-order valence-electron chi connectivity index (χ1n) is 7.62. The number of benzene rings is 1. The molecule has 1 amide bonds. The van der Waals surface area contributed by atoms with Crippen molar-refractivity contribution in [2.24, 2.45) is 5.92 Å². The van der Waals surface area contributed by atoms with Gasteiger partial charge in [0, 0.05) is 31.3 Å². The van der Waals surface area contributed by atoms with Crippen molar-refractivity contribution in [1.82, 2.24) is 4.90 Å². The van der Waals surface area contributed by atoms with Gasteiger partial charge >= 0.3 is 0 Å². The Morgan fingerprint density at radius 1 is 1.38 bits per heavy atom. The summed E-state index contributed by atoms with van der Waals surface area (Å²) in [4.78, 5) is 14.4. The van der Waals surface area contributed by atoms with E-state index in [0.29, 0.717) is 12.2 Å². The summed E-state index contributed by atoms with van der Waals surface area (Å²) in [6, 6.07) is 5.47. The molecule has 1 unspecified atom stereocenters. The summed E-state index contributed by atoms with van der Waals surface area (Å²) >= 11 is 0. The lowest BCUT2D eigenvalue weighted by Crippen LogP contribution is -2.36. The van der Waals surface area contributed by atoms with E-state index in [4.69, 9.17) is 9.47 Å². The highest BCUT2D eigenvalue weighted by Gasteiger charge is 2.17. The van der Waals surface area contributed by atoms with Gasteiger partial charge in [0.1, 0.15) is 0 Å². The zero-order valence-corrected chi connectivity index (χ0v) is 12.4. The average Bonchev–Trinajstić information content (AvgIpc) is 2.93. The first-order chi connectivity index (χ1) is 10.2. The maximum atomic E-state index is 12.0. The Morgan fingerprint density at radius 2 is 2.24 bits per heavy atom. The molecule has 21 heavy (non-hydrogen) atoms. The number of anilines is 1. The Kier molecular flexibility index (Phi) is 4.29. The van der Waals surface area contributed by atoms with Crippen LogP contribution in [0.3, 0.4) is 0 Å². The lowest BCUT2D eigenvalue weighted by molar-refractivity contribution is -0.116. The molecule has 0 radical (unpaired) electrons. The molecule has 2 aliphatic rings. The van der Waals surface area contributed by atoms with Crippen LogP contribution in [-0.2, 0) is 4.79 Å². The molecule has 1 atom stereocenters. The van der Waals surface area contributed by atoms with Crippen molar-refractivity contribution in [2.45, 2.75) is 26.2 Å². The van der Waals surface area contributed by atoms with Crippen molar-refractivity contribution in [3.8, 4) is 11.5 Å². The lowest BCUT2D eigenvalue weighted by Gasteiger charge is -2.30. The number of amides is 1. The third-order valence-corrected chi connectivity index (χ3v) is 4.05. The Bertz CT molecular complexity index is 518. The Balaban J connectivity index is 1.48. The van der Waals surface area contributed by atoms with Gasteiger partial charge in [0.05, 0.1) is 0 Å². The van der Waals surface area contributed by atoms with Gasteiger partial charge in [-0.15, -0.1) is 0 Å². The predicted molar refractivity (Wildman–Crippen MR) is 80.6 cm³/mol. The molecule has 3 rings (SSSR count). The number of carbonyl (C=O) groups excluding carboxylic acids is 1. The molecule has 2 heterocycles.